The van der Waals surface area contributed by atoms with Gasteiger partial charge in [-0.2, -0.15) is 11.8 Å². The van der Waals surface area contributed by atoms with Crippen molar-refractivity contribution in [3.8, 4) is 0 Å². The Kier molecular flexibility index (Phi) is 9.10. The fourth-order valence-electron chi connectivity index (χ4n) is 2.21. The zero-order valence-corrected chi connectivity index (χ0v) is 15.3. The van der Waals surface area contributed by atoms with Gasteiger partial charge in [-0.15, -0.1) is 0 Å². The maximum Gasteiger partial charge on any atom is 0.0411 e. The Hall–Kier alpha value is -0.470. The number of nitrogens with one attached hydrogen (secondary N) is 1. The van der Waals surface area contributed by atoms with Crippen molar-refractivity contribution in [3.63, 3.8) is 0 Å². The van der Waals surface area contributed by atoms with E-state index in [0.717, 1.165) is 12.5 Å². The van der Waals surface area contributed by atoms with Crippen molar-refractivity contribution < 1.29 is 0 Å². The van der Waals surface area contributed by atoms with Gasteiger partial charge < -0.3 is 5.32 Å². The first-order valence-electron chi connectivity index (χ1n) is 8.49. The quantitative estimate of drug-likeness (QED) is 0.601. The molecule has 0 aliphatic carbocycles. The molecule has 21 heavy (non-hydrogen) atoms. The fourth-order valence-corrected chi connectivity index (χ4v) is 3.53. The average molecular weight is 308 g/mol. The maximum absolute atomic E-state index is 3.71. The van der Waals surface area contributed by atoms with Gasteiger partial charge in [0.1, 0.15) is 0 Å². The lowest BCUT2D eigenvalue weighted by atomic mass is 9.99. The lowest BCUT2D eigenvalue weighted by Crippen LogP contribution is -2.24. The molecule has 120 valence electrons. The second-order valence-electron chi connectivity index (χ2n) is 6.38. The van der Waals surface area contributed by atoms with Gasteiger partial charge in [-0.3, -0.25) is 0 Å². The van der Waals surface area contributed by atoms with E-state index in [2.05, 4.69) is 76.0 Å². The molecule has 2 atom stereocenters. The van der Waals surface area contributed by atoms with Crippen molar-refractivity contribution in [1.82, 2.24) is 5.32 Å². The Balaban J connectivity index is 2.62. The van der Waals surface area contributed by atoms with Gasteiger partial charge in [-0.1, -0.05) is 65.3 Å². The van der Waals surface area contributed by atoms with Crippen LogP contribution < -0.4 is 5.32 Å². The summed E-state index contributed by atoms with van der Waals surface area (Å²) in [4.78, 5) is 0. The summed E-state index contributed by atoms with van der Waals surface area (Å²) < 4.78 is 0. The van der Waals surface area contributed by atoms with E-state index in [1.807, 2.05) is 0 Å². The second kappa shape index (κ2) is 10.3. The van der Waals surface area contributed by atoms with E-state index < -0.39 is 0 Å². The summed E-state index contributed by atoms with van der Waals surface area (Å²) >= 11 is 2.09. The molecule has 1 nitrogen and oxygen atoms in total. The van der Waals surface area contributed by atoms with Crippen LogP contribution in [0.5, 0.6) is 0 Å². The fraction of sp³-hybridized carbons (Fsp3) is 0.684. The standard InChI is InChI=1S/C19H33NS/c1-6-12-20-19(14-21-13-16(5)7-2)18-10-8-17(9-11-18)15(3)4/h8-11,15-16,19-20H,6-7,12-14H2,1-5H3. The van der Waals surface area contributed by atoms with Crippen LogP contribution in [0.15, 0.2) is 24.3 Å². The molecule has 2 unspecified atom stereocenters. The Morgan fingerprint density at radius 2 is 1.57 bits per heavy atom. The van der Waals surface area contributed by atoms with Gasteiger partial charge in [0, 0.05) is 11.8 Å². The maximum atomic E-state index is 3.71. The van der Waals surface area contributed by atoms with Gasteiger partial charge in [0.25, 0.3) is 0 Å². The van der Waals surface area contributed by atoms with Crippen LogP contribution in [-0.2, 0) is 0 Å². The number of hydrogen-bond donors (Lipinski definition) is 1. The van der Waals surface area contributed by atoms with Crippen molar-refractivity contribution in [2.45, 2.75) is 59.4 Å². The number of rotatable bonds is 10. The van der Waals surface area contributed by atoms with E-state index in [4.69, 9.17) is 0 Å². The molecule has 0 fully saturated rings. The molecule has 1 aromatic carbocycles. The largest absolute Gasteiger partial charge is 0.309 e. The molecular formula is C19H33NS. The highest BCUT2D eigenvalue weighted by Crippen LogP contribution is 2.23. The molecule has 1 N–H and O–H groups in total. The minimum atomic E-state index is 0.486. The van der Waals surface area contributed by atoms with Gasteiger partial charge >= 0.3 is 0 Å². The minimum Gasteiger partial charge on any atom is -0.309 e. The summed E-state index contributed by atoms with van der Waals surface area (Å²) in [5, 5.41) is 3.71. The van der Waals surface area contributed by atoms with Crippen molar-refractivity contribution in [2.75, 3.05) is 18.1 Å². The van der Waals surface area contributed by atoms with Gasteiger partial charge in [0.05, 0.1) is 0 Å². The monoisotopic (exact) mass is 307 g/mol. The normalized spacial score (nSPS) is 14.4. The number of hydrogen-bond acceptors (Lipinski definition) is 2. The molecule has 0 aliphatic rings. The van der Waals surface area contributed by atoms with E-state index in [9.17, 15) is 0 Å². The SMILES string of the molecule is CCCNC(CSCC(C)CC)c1ccc(C(C)C)cc1. The van der Waals surface area contributed by atoms with Crippen molar-refractivity contribution in [1.29, 1.82) is 0 Å². The van der Waals surface area contributed by atoms with E-state index in [-0.39, 0.29) is 0 Å². The molecule has 0 saturated heterocycles. The summed E-state index contributed by atoms with van der Waals surface area (Å²) in [6.45, 7) is 12.5. The highest BCUT2D eigenvalue weighted by molar-refractivity contribution is 7.99. The molecule has 0 heterocycles. The van der Waals surface area contributed by atoms with Crippen LogP contribution in [0.4, 0.5) is 0 Å². The van der Waals surface area contributed by atoms with E-state index in [1.165, 1.54) is 35.5 Å². The molecule has 0 amide bonds. The molecule has 2 heteroatoms. The Bertz CT molecular complexity index is 372. The van der Waals surface area contributed by atoms with Gasteiger partial charge in [-0.05, 0) is 41.7 Å². The Morgan fingerprint density at radius 3 is 2.10 bits per heavy atom. The Labute approximate surface area is 136 Å². The van der Waals surface area contributed by atoms with E-state index in [1.54, 1.807) is 0 Å². The first-order chi connectivity index (χ1) is 10.1. The predicted octanol–water partition coefficient (Wildman–Crippen LogP) is 5.63. The van der Waals surface area contributed by atoms with Crippen LogP contribution >= 0.6 is 11.8 Å². The summed E-state index contributed by atoms with van der Waals surface area (Å²) in [6.07, 6.45) is 2.47. The smallest absolute Gasteiger partial charge is 0.0411 e. The third kappa shape index (κ3) is 6.88. The Morgan fingerprint density at radius 1 is 0.952 bits per heavy atom. The molecule has 0 radical (unpaired) electrons. The van der Waals surface area contributed by atoms with Gasteiger partial charge in [0.15, 0.2) is 0 Å². The summed E-state index contributed by atoms with van der Waals surface area (Å²) in [6, 6.07) is 9.69. The molecule has 1 rings (SSSR count). The molecule has 0 aliphatic heterocycles. The lowest BCUT2D eigenvalue weighted by Gasteiger charge is -2.20. The zero-order valence-electron chi connectivity index (χ0n) is 14.5. The molecule has 0 aromatic heterocycles. The molecule has 1 aromatic rings. The summed E-state index contributed by atoms with van der Waals surface area (Å²) in [5.74, 6) is 3.88. The second-order valence-corrected chi connectivity index (χ2v) is 7.45. The minimum absolute atomic E-state index is 0.486. The van der Waals surface area contributed by atoms with Crippen molar-refractivity contribution in [3.05, 3.63) is 35.4 Å². The first-order valence-corrected chi connectivity index (χ1v) is 9.64. The van der Waals surface area contributed by atoms with Gasteiger partial charge in [0.2, 0.25) is 0 Å². The highest BCUT2D eigenvalue weighted by Gasteiger charge is 2.12. The molecule has 0 spiro atoms. The summed E-state index contributed by atoms with van der Waals surface area (Å²) in [7, 11) is 0. The van der Waals surface area contributed by atoms with Crippen LogP contribution in [0.1, 0.15) is 70.5 Å². The lowest BCUT2D eigenvalue weighted by molar-refractivity contribution is 0.575. The summed E-state index contributed by atoms with van der Waals surface area (Å²) in [5.41, 5.74) is 2.87. The predicted molar refractivity (Wildman–Crippen MR) is 98.3 cm³/mol. The third-order valence-corrected chi connectivity index (χ3v) is 5.40. The van der Waals surface area contributed by atoms with Crippen molar-refractivity contribution in [2.24, 2.45) is 5.92 Å². The van der Waals surface area contributed by atoms with Crippen LogP contribution in [0.25, 0.3) is 0 Å². The highest BCUT2D eigenvalue weighted by atomic mass is 32.2. The van der Waals surface area contributed by atoms with Crippen molar-refractivity contribution >= 4 is 11.8 Å². The van der Waals surface area contributed by atoms with E-state index in [0.29, 0.717) is 12.0 Å². The van der Waals surface area contributed by atoms with Crippen LogP contribution in [0, 0.1) is 5.92 Å². The first kappa shape index (κ1) is 18.6. The third-order valence-electron chi connectivity index (χ3n) is 4.03. The van der Waals surface area contributed by atoms with Crippen LogP contribution in [0.3, 0.4) is 0 Å². The number of benzene rings is 1. The van der Waals surface area contributed by atoms with Crippen LogP contribution in [-0.4, -0.2) is 18.1 Å². The number of thioether (sulfide) groups is 1. The van der Waals surface area contributed by atoms with Crippen LogP contribution in [0.2, 0.25) is 0 Å². The zero-order chi connectivity index (χ0) is 15.7. The molecule has 0 saturated carbocycles. The van der Waals surface area contributed by atoms with Gasteiger partial charge in [-0.25, -0.2) is 0 Å². The molecule has 0 bridgehead atoms. The average Bonchev–Trinajstić information content (AvgIpc) is 2.50. The molecular weight excluding hydrogens is 274 g/mol. The van der Waals surface area contributed by atoms with E-state index >= 15 is 0 Å². The topological polar surface area (TPSA) is 12.0 Å².